The average Bonchev–Trinajstić information content (AvgIpc) is 2.38. The van der Waals surface area contributed by atoms with Gasteiger partial charge in [0.1, 0.15) is 5.75 Å². The molecule has 2 aromatic carbocycles. The van der Waals surface area contributed by atoms with Crippen LogP contribution in [-0.2, 0) is 0 Å². The number of amides is 1. The summed E-state index contributed by atoms with van der Waals surface area (Å²) in [6.07, 6.45) is 0. The van der Waals surface area contributed by atoms with Gasteiger partial charge in [0.05, 0.1) is 18.4 Å². The highest BCUT2D eigenvalue weighted by Crippen LogP contribution is 2.28. The van der Waals surface area contributed by atoms with Gasteiger partial charge in [0.2, 0.25) is 0 Å². The molecule has 0 saturated heterocycles. The second-order valence-corrected chi connectivity index (χ2v) is 4.90. The van der Waals surface area contributed by atoms with Gasteiger partial charge in [-0.2, -0.15) is 0 Å². The minimum absolute atomic E-state index is 0.302. The minimum Gasteiger partial charge on any atom is -0.495 e. The Kier molecular flexibility index (Phi) is 4.37. The highest BCUT2D eigenvalue weighted by Gasteiger charge is 2.13. The van der Waals surface area contributed by atoms with Crippen molar-refractivity contribution in [2.75, 3.05) is 18.2 Å². The SMILES string of the molecule is COc1ccc(Cl)cc1NC(=O)c1ccc(Cl)cc1N. The lowest BCUT2D eigenvalue weighted by molar-refractivity contribution is 0.102. The Morgan fingerprint density at radius 2 is 1.80 bits per heavy atom. The van der Waals surface area contributed by atoms with Gasteiger partial charge in [0.15, 0.2) is 0 Å². The monoisotopic (exact) mass is 310 g/mol. The molecule has 3 N–H and O–H groups in total. The van der Waals surface area contributed by atoms with Gasteiger partial charge < -0.3 is 15.8 Å². The summed E-state index contributed by atoms with van der Waals surface area (Å²) in [5.74, 6) is 0.148. The lowest BCUT2D eigenvalue weighted by atomic mass is 10.1. The largest absolute Gasteiger partial charge is 0.495 e. The van der Waals surface area contributed by atoms with E-state index in [4.69, 9.17) is 33.7 Å². The molecule has 0 aliphatic carbocycles. The molecule has 0 bridgehead atoms. The Labute approximate surface area is 126 Å². The van der Waals surface area contributed by atoms with Crippen LogP contribution >= 0.6 is 23.2 Å². The molecule has 0 aliphatic rings. The predicted molar refractivity (Wildman–Crippen MR) is 81.8 cm³/mol. The van der Waals surface area contributed by atoms with E-state index in [1.54, 1.807) is 30.3 Å². The molecule has 6 heteroatoms. The maximum atomic E-state index is 12.2. The Bertz CT molecular complexity index is 660. The second-order valence-electron chi connectivity index (χ2n) is 4.03. The van der Waals surface area contributed by atoms with Crippen molar-refractivity contribution in [1.29, 1.82) is 0 Å². The van der Waals surface area contributed by atoms with Crippen molar-refractivity contribution in [2.24, 2.45) is 0 Å². The zero-order chi connectivity index (χ0) is 14.7. The number of rotatable bonds is 3. The summed E-state index contributed by atoms with van der Waals surface area (Å²) in [6, 6.07) is 9.62. The van der Waals surface area contributed by atoms with E-state index in [1.165, 1.54) is 13.2 Å². The smallest absolute Gasteiger partial charge is 0.257 e. The van der Waals surface area contributed by atoms with E-state index in [2.05, 4.69) is 5.32 Å². The summed E-state index contributed by atoms with van der Waals surface area (Å²) in [5, 5.41) is 3.67. The number of anilines is 2. The molecule has 0 aromatic heterocycles. The van der Waals surface area contributed by atoms with Crippen LogP contribution in [0.1, 0.15) is 10.4 Å². The highest BCUT2D eigenvalue weighted by molar-refractivity contribution is 6.31. The first-order valence-electron chi connectivity index (χ1n) is 5.71. The van der Waals surface area contributed by atoms with Gasteiger partial charge in [-0.3, -0.25) is 4.79 Å². The molecule has 0 saturated carbocycles. The topological polar surface area (TPSA) is 64.3 Å². The maximum Gasteiger partial charge on any atom is 0.257 e. The van der Waals surface area contributed by atoms with Gasteiger partial charge in [0.25, 0.3) is 5.91 Å². The van der Waals surface area contributed by atoms with Crippen molar-refractivity contribution in [3.63, 3.8) is 0 Å². The van der Waals surface area contributed by atoms with E-state index < -0.39 is 0 Å². The summed E-state index contributed by atoms with van der Waals surface area (Å²) in [5.41, 5.74) is 6.88. The molecule has 4 nitrogen and oxygen atoms in total. The van der Waals surface area contributed by atoms with Crippen molar-refractivity contribution in [2.45, 2.75) is 0 Å². The Hall–Kier alpha value is -1.91. The third-order valence-corrected chi connectivity index (χ3v) is 3.14. The van der Waals surface area contributed by atoms with Gasteiger partial charge in [-0.05, 0) is 36.4 Å². The maximum absolute atomic E-state index is 12.2. The standard InChI is InChI=1S/C14H12Cl2N2O2/c1-20-13-5-3-9(16)7-12(13)18-14(19)10-4-2-8(15)6-11(10)17/h2-7H,17H2,1H3,(H,18,19). The predicted octanol–water partition coefficient (Wildman–Crippen LogP) is 3.84. The molecule has 1 amide bonds. The van der Waals surface area contributed by atoms with Crippen LogP contribution in [0.3, 0.4) is 0 Å². The number of nitrogen functional groups attached to an aromatic ring is 1. The van der Waals surface area contributed by atoms with Gasteiger partial charge in [-0.15, -0.1) is 0 Å². The summed E-state index contributed by atoms with van der Waals surface area (Å²) in [6.45, 7) is 0. The zero-order valence-corrected chi connectivity index (χ0v) is 12.1. The fraction of sp³-hybridized carbons (Fsp3) is 0.0714. The summed E-state index contributed by atoms with van der Waals surface area (Å²) in [4.78, 5) is 12.2. The molecule has 0 spiro atoms. The highest BCUT2D eigenvalue weighted by atomic mass is 35.5. The normalized spacial score (nSPS) is 10.2. The molecule has 104 valence electrons. The van der Waals surface area contributed by atoms with E-state index in [1.807, 2.05) is 0 Å². The Morgan fingerprint density at radius 3 is 2.45 bits per heavy atom. The van der Waals surface area contributed by atoms with Crippen molar-refractivity contribution >= 4 is 40.5 Å². The molecule has 0 heterocycles. The minimum atomic E-state index is -0.361. The number of hydrogen-bond acceptors (Lipinski definition) is 3. The van der Waals surface area contributed by atoms with E-state index >= 15 is 0 Å². The van der Waals surface area contributed by atoms with Crippen LogP contribution in [0.5, 0.6) is 5.75 Å². The first-order valence-corrected chi connectivity index (χ1v) is 6.47. The van der Waals surface area contributed by atoms with E-state index in [0.29, 0.717) is 32.7 Å². The summed E-state index contributed by atoms with van der Waals surface area (Å²) >= 11 is 11.7. The number of methoxy groups -OCH3 is 1. The van der Waals surface area contributed by atoms with Gasteiger partial charge in [0, 0.05) is 15.7 Å². The summed E-state index contributed by atoms with van der Waals surface area (Å²) in [7, 11) is 1.51. The Morgan fingerprint density at radius 1 is 1.15 bits per heavy atom. The summed E-state index contributed by atoms with van der Waals surface area (Å²) < 4.78 is 5.16. The number of nitrogens with one attached hydrogen (secondary N) is 1. The third-order valence-electron chi connectivity index (χ3n) is 2.67. The van der Waals surface area contributed by atoms with Crippen LogP contribution in [0.15, 0.2) is 36.4 Å². The first-order chi connectivity index (χ1) is 9.51. The molecule has 2 rings (SSSR count). The van der Waals surface area contributed by atoms with Gasteiger partial charge >= 0.3 is 0 Å². The fourth-order valence-electron chi connectivity index (χ4n) is 1.71. The van der Waals surface area contributed by atoms with Gasteiger partial charge in [-0.25, -0.2) is 0 Å². The molecular formula is C14H12Cl2N2O2. The second kappa shape index (κ2) is 6.03. The number of benzene rings is 2. The van der Waals surface area contributed by atoms with Crippen molar-refractivity contribution in [3.05, 3.63) is 52.0 Å². The van der Waals surface area contributed by atoms with Crippen LogP contribution in [0.2, 0.25) is 10.0 Å². The van der Waals surface area contributed by atoms with E-state index in [0.717, 1.165) is 0 Å². The molecular weight excluding hydrogens is 299 g/mol. The first kappa shape index (κ1) is 14.5. The van der Waals surface area contributed by atoms with Crippen LogP contribution in [0, 0.1) is 0 Å². The quantitative estimate of drug-likeness (QED) is 0.847. The number of ether oxygens (including phenoxy) is 1. The Balaban J connectivity index is 2.30. The van der Waals surface area contributed by atoms with Crippen molar-refractivity contribution in [3.8, 4) is 5.75 Å². The lowest BCUT2D eigenvalue weighted by Crippen LogP contribution is -2.14. The lowest BCUT2D eigenvalue weighted by Gasteiger charge is -2.11. The van der Waals surface area contributed by atoms with Crippen LogP contribution in [0.4, 0.5) is 11.4 Å². The van der Waals surface area contributed by atoms with Crippen LogP contribution in [0.25, 0.3) is 0 Å². The molecule has 0 aliphatic heterocycles. The van der Waals surface area contributed by atoms with Crippen molar-refractivity contribution in [1.82, 2.24) is 0 Å². The molecule has 0 fully saturated rings. The average molecular weight is 311 g/mol. The van der Waals surface area contributed by atoms with Crippen LogP contribution in [-0.4, -0.2) is 13.0 Å². The fourth-order valence-corrected chi connectivity index (χ4v) is 2.06. The number of carbonyl (C=O) groups excluding carboxylic acids is 1. The molecule has 2 aromatic rings. The zero-order valence-electron chi connectivity index (χ0n) is 10.6. The molecule has 0 unspecified atom stereocenters. The third kappa shape index (κ3) is 3.15. The van der Waals surface area contributed by atoms with Gasteiger partial charge in [-0.1, -0.05) is 23.2 Å². The van der Waals surface area contributed by atoms with E-state index in [-0.39, 0.29) is 5.91 Å². The van der Waals surface area contributed by atoms with Crippen LogP contribution < -0.4 is 15.8 Å². The van der Waals surface area contributed by atoms with Crippen molar-refractivity contribution < 1.29 is 9.53 Å². The number of hydrogen-bond donors (Lipinski definition) is 2. The molecule has 20 heavy (non-hydrogen) atoms. The number of nitrogens with two attached hydrogens (primary N) is 1. The number of carbonyl (C=O) groups is 1. The molecule has 0 radical (unpaired) electrons. The number of halogens is 2. The van der Waals surface area contributed by atoms with E-state index in [9.17, 15) is 4.79 Å². The molecule has 0 atom stereocenters.